The van der Waals surface area contributed by atoms with Crippen molar-refractivity contribution < 1.29 is 33.0 Å². The lowest BCUT2D eigenvalue weighted by Crippen LogP contribution is -2.31. The van der Waals surface area contributed by atoms with Gasteiger partial charge in [0.1, 0.15) is 18.2 Å². The molecule has 4 N–H and O–H groups in total. The Balaban J connectivity index is 0.000000257. The minimum absolute atomic E-state index is 0.0244. The molecule has 3 aromatic rings. The van der Waals surface area contributed by atoms with Gasteiger partial charge >= 0.3 is 12.2 Å². The van der Waals surface area contributed by atoms with Crippen molar-refractivity contribution in [3.05, 3.63) is 58.3 Å². The molecule has 242 valence electrons. The van der Waals surface area contributed by atoms with Crippen LogP contribution in [0.2, 0.25) is 5.02 Å². The third-order valence-electron chi connectivity index (χ3n) is 6.85. The van der Waals surface area contributed by atoms with Gasteiger partial charge in [-0.25, -0.2) is 19.0 Å². The van der Waals surface area contributed by atoms with Crippen molar-refractivity contribution in [1.29, 1.82) is 0 Å². The van der Waals surface area contributed by atoms with E-state index in [1.165, 1.54) is 24.1 Å². The van der Waals surface area contributed by atoms with Crippen LogP contribution in [0.5, 0.6) is 0 Å². The van der Waals surface area contributed by atoms with Crippen molar-refractivity contribution in [3.63, 3.8) is 0 Å². The first-order valence-corrected chi connectivity index (χ1v) is 14.9. The van der Waals surface area contributed by atoms with Gasteiger partial charge in [0.2, 0.25) is 12.3 Å². The number of hydrogen-bond donors (Lipinski definition) is 4. The molecule has 2 heterocycles. The maximum atomic E-state index is 14.0. The Bertz CT molecular complexity index is 1510. The van der Waals surface area contributed by atoms with Gasteiger partial charge in [-0.15, -0.1) is 0 Å². The summed E-state index contributed by atoms with van der Waals surface area (Å²) in [4.78, 5) is 55.3. The molecule has 1 aliphatic heterocycles. The van der Waals surface area contributed by atoms with Crippen LogP contribution < -0.4 is 16.0 Å². The fourth-order valence-electron chi connectivity index (χ4n) is 4.43. The van der Waals surface area contributed by atoms with Crippen LogP contribution in [0, 0.1) is 12.7 Å². The van der Waals surface area contributed by atoms with Crippen molar-refractivity contribution in [2.75, 3.05) is 42.8 Å². The first kappa shape index (κ1) is 34.8. The molecule has 1 aromatic heterocycles. The highest BCUT2D eigenvalue weighted by Crippen LogP contribution is 2.32. The molecule has 0 bridgehead atoms. The van der Waals surface area contributed by atoms with Gasteiger partial charge in [0.25, 0.3) is 0 Å². The number of carbonyl (C=O) groups excluding carboxylic acids is 4. The predicted molar refractivity (Wildman–Crippen MR) is 170 cm³/mol. The predicted octanol–water partition coefficient (Wildman–Crippen LogP) is 6.30. The summed E-state index contributed by atoms with van der Waals surface area (Å²) in [7, 11) is 1.30. The smallest absolute Gasteiger partial charge is 0.411 e. The van der Waals surface area contributed by atoms with Gasteiger partial charge in [-0.2, -0.15) is 0 Å². The number of imidazole rings is 1. The van der Waals surface area contributed by atoms with Gasteiger partial charge in [0, 0.05) is 41.9 Å². The number of cyclic esters (lactones) is 1. The summed E-state index contributed by atoms with van der Waals surface area (Å²) in [5.41, 5.74) is 4.24. The number of H-pyrrole nitrogens is 1. The number of halogens is 2. The standard InChI is InChI=1S/C19H26N4O3.C12H12ClFN2O3/c1-5-7-8-17(24)22-15-11-13(21-19(25)26-4)9-10-14(15)18-12(3)20-16(6-2)23-18;13-9-1-2-10-8(11(9)14)3-4-16(7-17)5-6-19-12(18)15-10/h9-11H,5-8H2,1-4H3,(H,20,23)(H,21,25)(H,22,24);1-2,7H,3-6H2,(H,15,18). The van der Waals surface area contributed by atoms with E-state index in [9.17, 15) is 23.6 Å². The molecule has 4 amide bonds. The number of amides is 4. The Labute approximate surface area is 266 Å². The zero-order valence-corrected chi connectivity index (χ0v) is 26.5. The molecule has 12 nitrogen and oxygen atoms in total. The summed E-state index contributed by atoms with van der Waals surface area (Å²) < 4.78 is 23.5. The topological polar surface area (TPSA) is 155 Å². The molecular weight excluding hydrogens is 607 g/mol. The zero-order valence-electron chi connectivity index (χ0n) is 25.7. The molecule has 1 aliphatic rings. The van der Waals surface area contributed by atoms with E-state index in [1.807, 2.05) is 26.8 Å². The molecule has 0 atom stereocenters. The fourth-order valence-corrected chi connectivity index (χ4v) is 4.61. The van der Waals surface area contributed by atoms with Crippen molar-refractivity contribution >= 4 is 53.2 Å². The maximum Gasteiger partial charge on any atom is 0.411 e. The second kappa shape index (κ2) is 17.0. The first-order chi connectivity index (χ1) is 21.6. The molecule has 0 fully saturated rings. The molecule has 0 saturated heterocycles. The number of aryl methyl sites for hydroxylation is 2. The number of fused-ring (bicyclic) bond motifs is 1. The van der Waals surface area contributed by atoms with E-state index in [4.69, 9.17) is 16.3 Å². The number of hydrogen-bond acceptors (Lipinski definition) is 7. The van der Waals surface area contributed by atoms with Gasteiger partial charge in [-0.3, -0.25) is 20.2 Å². The molecule has 0 spiro atoms. The Hall–Kier alpha value is -4.65. The lowest BCUT2D eigenvalue weighted by molar-refractivity contribution is -0.118. The van der Waals surface area contributed by atoms with Gasteiger partial charge in [-0.1, -0.05) is 31.9 Å². The molecule has 4 rings (SSSR count). The normalized spacial score (nSPS) is 12.8. The third kappa shape index (κ3) is 9.93. The van der Waals surface area contributed by atoms with E-state index < -0.39 is 18.0 Å². The van der Waals surface area contributed by atoms with Crippen LogP contribution in [0.25, 0.3) is 11.3 Å². The van der Waals surface area contributed by atoms with E-state index in [0.29, 0.717) is 36.4 Å². The number of benzene rings is 2. The van der Waals surface area contributed by atoms with Gasteiger partial charge in [-0.05, 0) is 50.1 Å². The van der Waals surface area contributed by atoms with Crippen molar-refractivity contribution in [1.82, 2.24) is 14.9 Å². The summed E-state index contributed by atoms with van der Waals surface area (Å²) in [6.07, 6.45) is 2.67. The minimum atomic E-state index is -0.685. The number of methoxy groups -OCH3 is 1. The number of rotatable bonds is 8. The van der Waals surface area contributed by atoms with Gasteiger partial charge < -0.3 is 24.7 Å². The van der Waals surface area contributed by atoms with Crippen LogP contribution >= 0.6 is 11.6 Å². The summed E-state index contributed by atoms with van der Waals surface area (Å²) in [6.45, 7) is 6.71. The number of unbranched alkanes of at least 4 members (excludes halogenated alkanes) is 1. The molecule has 0 radical (unpaired) electrons. The Morgan fingerprint density at radius 1 is 1.20 bits per heavy atom. The lowest BCUT2D eigenvalue weighted by Gasteiger charge is -2.21. The highest BCUT2D eigenvalue weighted by Gasteiger charge is 2.18. The second-order valence-electron chi connectivity index (χ2n) is 10.1. The number of carbonyl (C=O) groups is 4. The molecule has 2 aromatic carbocycles. The summed E-state index contributed by atoms with van der Waals surface area (Å²) in [5.74, 6) is 0.232. The SMILES string of the molecule is CCCCC(=O)Nc1cc(NC(=O)OC)ccc1-c1nc(CC)[nH]c1C.O=CN1CCOC(=O)Nc2ccc(Cl)c(F)c2CC1. The number of aromatic nitrogens is 2. The van der Waals surface area contributed by atoms with E-state index >= 15 is 0 Å². The molecule has 45 heavy (non-hydrogen) atoms. The van der Waals surface area contributed by atoms with Crippen LogP contribution in [-0.2, 0) is 31.9 Å². The lowest BCUT2D eigenvalue weighted by atomic mass is 10.1. The van der Waals surface area contributed by atoms with Crippen molar-refractivity contribution in [2.45, 2.75) is 52.9 Å². The average Bonchev–Trinajstić information content (AvgIpc) is 3.41. The molecular formula is C31H38ClFN6O6. The summed E-state index contributed by atoms with van der Waals surface area (Å²) in [5, 5.41) is 8.00. The highest BCUT2D eigenvalue weighted by molar-refractivity contribution is 6.31. The highest BCUT2D eigenvalue weighted by atomic mass is 35.5. The quantitative estimate of drug-likeness (QED) is 0.210. The van der Waals surface area contributed by atoms with Crippen molar-refractivity contribution in [2.24, 2.45) is 0 Å². The van der Waals surface area contributed by atoms with E-state index in [1.54, 1.807) is 12.1 Å². The number of ether oxygens (including phenoxy) is 2. The van der Waals surface area contributed by atoms with Crippen LogP contribution in [0.3, 0.4) is 0 Å². The van der Waals surface area contributed by atoms with Gasteiger partial charge in [0.05, 0.1) is 35.7 Å². The molecule has 0 saturated carbocycles. The van der Waals surface area contributed by atoms with E-state index in [2.05, 4.69) is 30.7 Å². The fraction of sp³-hybridized carbons (Fsp3) is 0.387. The number of nitrogens with one attached hydrogen (secondary N) is 4. The summed E-state index contributed by atoms with van der Waals surface area (Å²) >= 11 is 5.72. The number of aromatic amines is 1. The largest absolute Gasteiger partial charge is 0.453 e. The molecule has 14 heteroatoms. The monoisotopic (exact) mass is 644 g/mol. The minimum Gasteiger partial charge on any atom is -0.453 e. The molecule has 0 aliphatic carbocycles. The molecule has 0 unspecified atom stereocenters. The zero-order chi connectivity index (χ0) is 32.9. The third-order valence-corrected chi connectivity index (χ3v) is 7.14. The van der Waals surface area contributed by atoms with Crippen LogP contribution in [-0.4, -0.2) is 66.2 Å². The average molecular weight is 645 g/mol. The van der Waals surface area contributed by atoms with E-state index in [-0.39, 0.29) is 36.1 Å². The van der Waals surface area contributed by atoms with Crippen LogP contribution in [0.1, 0.15) is 50.2 Å². The Morgan fingerprint density at radius 3 is 2.64 bits per heavy atom. The first-order valence-electron chi connectivity index (χ1n) is 14.5. The van der Waals surface area contributed by atoms with Crippen LogP contribution in [0.15, 0.2) is 30.3 Å². The van der Waals surface area contributed by atoms with E-state index in [0.717, 1.165) is 42.0 Å². The van der Waals surface area contributed by atoms with Crippen molar-refractivity contribution in [3.8, 4) is 11.3 Å². The summed E-state index contributed by atoms with van der Waals surface area (Å²) in [6, 6.07) is 8.18. The Morgan fingerprint density at radius 2 is 1.98 bits per heavy atom. The second-order valence-corrected chi connectivity index (χ2v) is 10.5. The number of anilines is 3. The Kier molecular flexibility index (Phi) is 13.2. The maximum absolute atomic E-state index is 14.0. The number of nitrogens with zero attached hydrogens (tertiary/aromatic N) is 2. The van der Waals surface area contributed by atoms with Crippen LogP contribution in [0.4, 0.5) is 31.0 Å². The van der Waals surface area contributed by atoms with Gasteiger partial charge in [0.15, 0.2) is 0 Å².